The molecule has 2 aromatic carbocycles. The second kappa shape index (κ2) is 8.37. The maximum Gasteiger partial charge on any atom is 0.251 e. The Balaban J connectivity index is 1.82. The van der Waals surface area contributed by atoms with Gasteiger partial charge in [0, 0.05) is 17.0 Å². The summed E-state index contributed by atoms with van der Waals surface area (Å²) in [5.41, 5.74) is 0.442. The Bertz CT molecular complexity index is 982. The van der Waals surface area contributed by atoms with Gasteiger partial charge in [-0.1, -0.05) is 24.3 Å². The van der Waals surface area contributed by atoms with Crippen LogP contribution in [0.3, 0.4) is 0 Å². The Hall–Kier alpha value is -2.64. The molecule has 1 amide bonds. The van der Waals surface area contributed by atoms with Crippen LogP contribution in [0.15, 0.2) is 77.0 Å². The average molecular weight is 402 g/mol. The molecule has 0 fully saturated rings. The van der Waals surface area contributed by atoms with Crippen LogP contribution in [0, 0.1) is 0 Å². The molecule has 3 rings (SSSR count). The molecule has 0 saturated carbocycles. The molecule has 0 unspecified atom stereocenters. The highest BCUT2D eigenvalue weighted by Gasteiger charge is 2.30. The summed E-state index contributed by atoms with van der Waals surface area (Å²) >= 11 is 1.36. The van der Waals surface area contributed by atoms with Crippen LogP contribution in [0.1, 0.15) is 20.5 Å². The zero-order valence-electron chi connectivity index (χ0n) is 14.7. The van der Waals surface area contributed by atoms with Gasteiger partial charge in [0.15, 0.2) is 9.84 Å². The lowest BCUT2D eigenvalue weighted by Crippen LogP contribution is -2.31. The molecule has 1 aromatic heterocycles. The van der Waals surface area contributed by atoms with Crippen LogP contribution in [-0.4, -0.2) is 28.0 Å². The summed E-state index contributed by atoms with van der Waals surface area (Å²) in [6, 6.07) is 18.5. The van der Waals surface area contributed by atoms with Crippen molar-refractivity contribution in [1.82, 2.24) is 5.32 Å². The molecule has 0 bridgehead atoms. The number of carbonyl (C=O) groups excluding carboxylic acids is 1. The molecule has 0 aliphatic rings. The van der Waals surface area contributed by atoms with Gasteiger partial charge in [-0.25, -0.2) is 8.42 Å². The van der Waals surface area contributed by atoms with Gasteiger partial charge in [0.25, 0.3) is 5.91 Å². The summed E-state index contributed by atoms with van der Waals surface area (Å²) < 4.78 is 31.3. The Kier molecular flexibility index (Phi) is 5.93. The predicted molar refractivity (Wildman–Crippen MR) is 106 cm³/mol. The number of methoxy groups -OCH3 is 1. The van der Waals surface area contributed by atoms with Crippen molar-refractivity contribution in [2.24, 2.45) is 0 Å². The topological polar surface area (TPSA) is 72.5 Å². The number of thiophene rings is 1. The fourth-order valence-corrected chi connectivity index (χ4v) is 5.45. The number of rotatable bonds is 7. The third kappa shape index (κ3) is 4.37. The highest BCUT2D eigenvalue weighted by atomic mass is 32.2. The minimum absolute atomic E-state index is 0.0113. The standard InChI is InChI=1S/C20H19NO4S2/c1-25-16-11-9-15(10-12-16)20(22)21-14-19(18-8-5-13-26-18)27(23,24)17-6-3-2-4-7-17/h2-13,19H,14H2,1H3,(H,21,22)/t19-/m1/s1. The third-order valence-corrected chi connectivity index (χ3v) is 7.34. The molecule has 0 radical (unpaired) electrons. The maximum atomic E-state index is 13.1. The molecule has 1 heterocycles. The van der Waals surface area contributed by atoms with Crippen LogP contribution >= 0.6 is 11.3 Å². The van der Waals surface area contributed by atoms with E-state index < -0.39 is 15.1 Å². The van der Waals surface area contributed by atoms with Gasteiger partial charge in [0.1, 0.15) is 11.0 Å². The van der Waals surface area contributed by atoms with E-state index in [4.69, 9.17) is 4.74 Å². The molecule has 0 aliphatic heterocycles. The molecule has 7 heteroatoms. The first-order chi connectivity index (χ1) is 13.0. The third-order valence-electron chi connectivity index (χ3n) is 4.11. The zero-order valence-corrected chi connectivity index (χ0v) is 16.3. The van der Waals surface area contributed by atoms with E-state index in [1.54, 1.807) is 73.8 Å². The van der Waals surface area contributed by atoms with Crippen LogP contribution in [0.25, 0.3) is 0 Å². The molecule has 0 saturated heterocycles. The minimum Gasteiger partial charge on any atom is -0.497 e. The summed E-state index contributed by atoms with van der Waals surface area (Å²) in [6.45, 7) is -0.0113. The zero-order chi connectivity index (χ0) is 19.3. The molecule has 0 spiro atoms. The van der Waals surface area contributed by atoms with Crippen molar-refractivity contribution in [2.45, 2.75) is 10.1 Å². The Morgan fingerprint density at radius 1 is 1.04 bits per heavy atom. The Morgan fingerprint density at radius 3 is 2.33 bits per heavy atom. The first kappa shape index (κ1) is 19.1. The van der Waals surface area contributed by atoms with Gasteiger partial charge >= 0.3 is 0 Å². The highest BCUT2D eigenvalue weighted by molar-refractivity contribution is 7.91. The molecular weight excluding hydrogens is 382 g/mol. The fraction of sp³-hybridized carbons (Fsp3) is 0.150. The Morgan fingerprint density at radius 2 is 1.74 bits per heavy atom. The smallest absolute Gasteiger partial charge is 0.251 e. The normalized spacial score (nSPS) is 12.3. The van der Waals surface area contributed by atoms with Gasteiger partial charge in [0.2, 0.25) is 0 Å². The summed E-state index contributed by atoms with van der Waals surface area (Å²) in [7, 11) is -2.09. The van der Waals surface area contributed by atoms with Gasteiger partial charge in [-0.15, -0.1) is 11.3 Å². The molecule has 1 atom stereocenters. The monoisotopic (exact) mass is 401 g/mol. The number of benzene rings is 2. The predicted octanol–water partition coefficient (Wildman–Crippen LogP) is 3.70. The second-order valence-corrected chi connectivity index (χ2v) is 8.91. The van der Waals surface area contributed by atoms with Crippen molar-refractivity contribution in [2.75, 3.05) is 13.7 Å². The number of nitrogens with one attached hydrogen (secondary N) is 1. The van der Waals surface area contributed by atoms with Crippen molar-refractivity contribution in [3.63, 3.8) is 0 Å². The second-order valence-electron chi connectivity index (χ2n) is 5.80. The number of ether oxygens (including phenoxy) is 1. The van der Waals surface area contributed by atoms with Gasteiger partial charge in [0.05, 0.1) is 12.0 Å². The van der Waals surface area contributed by atoms with Crippen molar-refractivity contribution in [3.8, 4) is 5.75 Å². The largest absolute Gasteiger partial charge is 0.497 e. The first-order valence-electron chi connectivity index (χ1n) is 8.27. The van der Waals surface area contributed by atoms with E-state index in [1.807, 2.05) is 5.38 Å². The molecular formula is C20H19NO4S2. The number of hydrogen-bond donors (Lipinski definition) is 1. The van der Waals surface area contributed by atoms with Gasteiger partial charge < -0.3 is 10.1 Å². The van der Waals surface area contributed by atoms with Crippen LogP contribution < -0.4 is 10.1 Å². The van der Waals surface area contributed by atoms with Crippen molar-refractivity contribution >= 4 is 27.1 Å². The minimum atomic E-state index is -3.64. The summed E-state index contributed by atoms with van der Waals surface area (Å²) in [6.07, 6.45) is 0. The summed E-state index contributed by atoms with van der Waals surface area (Å²) in [5.74, 6) is 0.317. The van der Waals surface area contributed by atoms with Gasteiger partial charge in [-0.3, -0.25) is 4.79 Å². The van der Waals surface area contributed by atoms with Crippen molar-refractivity contribution < 1.29 is 17.9 Å². The maximum absolute atomic E-state index is 13.1. The van der Waals surface area contributed by atoms with E-state index in [2.05, 4.69) is 5.32 Å². The van der Waals surface area contributed by atoms with E-state index >= 15 is 0 Å². The molecule has 140 valence electrons. The van der Waals surface area contributed by atoms with Gasteiger partial charge in [-0.05, 0) is 47.8 Å². The molecule has 5 nitrogen and oxygen atoms in total. The average Bonchev–Trinajstić information content (AvgIpc) is 3.23. The van der Waals surface area contributed by atoms with Gasteiger partial charge in [-0.2, -0.15) is 0 Å². The molecule has 0 aliphatic carbocycles. The first-order valence-corrected chi connectivity index (χ1v) is 10.7. The van der Waals surface area contributed by atoms with E-state index in [1.165, 1.54) is 11.3 Å². The lowest BCUT2D eigenvalue weighted by atomic mass is 10.2. The fourth-order valence-electron chi connectivity index (χ4n) is 2.64. The quantitative estimate of drug-likeness (QED) is 0.655. The van der Waals surface area contributed by atoms with Crippen LogP contribution in [0.2, 0.25) is 0 Å². The number of sulfone groups is 1. The lowest BCUT2D eigenvalue weighted by Gasteiger charge is -2.17. The number of amides is 1. The number of hydrogen-bond acceptors (Lipinski definition) is 5. The van der Waals surface area contributed by atoms with E-state index in [0.717, 1.165) is 0 Å². The summed E-state index contributed by atoms with van der Waals surface area (Å²) in [5, 5.41) is 3.73. The van der Waals surface area contributed by atoms with E-state index in [0.29, 0.717) is 16.2 Å². The lowest BCUT2D eigenvalue weighted by molar-refractivity contribution is 0.0953. The van der Waals surface area contributed by atoms with Crippen molar-refractivity contribution in [1.29, 1.82) is 0 Å². The van der Waals surface area contributed by atoms with E-state index in [-0.39, 0.29) is 17.3 Å². The summed E-state index contributed by atoms with van der Waals surface area (Å²) in [4.78, 5) is 13.4. The highest BCUT2D eigenvalue weighted by Crippen LogP contribution is 2.31. The van der Waals surface area contributed by atoms with E-state index in [9.17, 15) is 13.2 Å². The van der Waals surface area contributed by atoms with Crippen LogP contribution in [-0.2, 0) is 9.84 Å². The van der Waals surface area contributed by atoms with Crippen LogP contribution in [0.5, 0.6) is 5.75 Å². The number of carbonyl (C=O) groups is 1. The SMILES string of the molecule is COc1ccc(C(=O)NC[C@H](c2cccs2)S(=O)(=O)c2ccccc2)cc1. The Labute approximate surface area is 162 Å². The molecule has 1 N–H and O–H groups in total. The molecule has 27 heavy (non-hydrogen) atoms. The molecule has 3 aromatic rings. The van der Waals surface area contributed by atoms with Crippen LogP contribution in [0.4, 0.5) is 0 Å². The van der Waals surface area contributed by atoms with Crippen molar-refractivity contribution in [3.05, 3.63) is 82.6 Å².